The second-order valence-corrected chi connectivity index (χ2v) is 8.52. The zero-order valence-electron chi connectivity index (χ0n) is 15.7. The van der Waals surface area contributed by atoms with Gasteiger partial charge < -0.3 is 0 Å². The van der Waals surface area contributed by atoms with Gasteiger partial charge >= 0.3 is 0 Å². The Kier molecular flexibility index (Phi) is 6.08. The molecule has 8 heteroatoms. The number of hydrogen-bond acceptors (Lipinski definition) is 5. The summed E-state index contributed by atoms with van der Waals surface area (Å²) in [4.78, 5) is 31.2. The van der Waals surface area contributed by atoms with E-state index in [1.165, 1.54) is 9.71 Å². The van der Waals surface area contributed by atoms with Crippen molar-refractivity contribution >= 4 is 45.0 Å². The van der Waals surface area contributed by atoms with Crippen LogP contribution >= 0.6 is 22.9 Å². The molecule has 1 aromatic heterocycles. The topological polar surface area (TPSA) is 74.3 Å². The normalized spacial score (nSPS) is 15.3. The number of likely N-dealkylation sites (tertiary alicyclic amines) is 1. The quantitative estimate of drug-likeness (QED) is 0.623. The van der Waals surface area contributed by atoms with Crippen LogP contribution in [-0.2, 0) is 4.79 Å². The van der Waals surface area contributed by atoms with Gasteiger partial charge in [-0.2, -0.15) is 0 Å². The third kappa shape index (κ3) is 4.75. The molecular formula is C21H21ClN4O2S. The zero-order chi connectivity index (χ0) is 20.2. The summed E-state index contributed by atoms with van der Waals surface area (Å²) in [7, 11) is 0. The summed E-state index contributed by atoms with van der Waals surface area (Å²) in [6.45, 7) is 1.90. The van der Waals surface area contributed by atoms with Gasteiger partial charge in [0.2, 0.25) is 0 Å². The molecular weight excluding hydrogens is 408 g/mol. The second-order valence-electron chi connectivity index (χ2n) is 7.05. The summed E-state index contributed by atoms with van der Waals surface area (Å²) >= 11 is 7.76. The van der Waals surface area contributed by atoms with Crippen LogP contribution in [0, 0.1) is 0 Å². The van der Waals surface area contributed by atoms with Gasteiger partial charge in [0.1, 0.15) is 0 Å². The highest BCUT2D eigenvalue weighted by Gasteiger charge is 2.24. The Balaban J connectivity index is 1.24. The standard InChI is InChI=1S/C21H21ClN4O2S/c22-16-6-2-1-5-15(16)20(28)25-24-19(27)13-26-11-9-14(10-12-26)21-23-17-7-3-4-8-18(17)29-21/h1-8,14H,9-13H2,(H,24,27)(H,25,28). The van der Waals surface area contributed by atoms with Crippen molar-refractivity contribution in [3.63, 3.8) is 0 Å². The maximum absolute atomic E-state index is 12.2. The van der Waals surface area contributed by atoms with Crippen LogP contribution in [0.4, 0.5) is 0 Å². The summed E-state index contributed by atoms with van der Waals surface area (Å²) in [5.74, 6) is -0.242. The number of thiazole rings is 1. The number of halogens is 1. The maximum atomic E-state index is 12.2. The highest BCUT2D eigenvalue weighted by atomic mass is 35.5. The summed E-state index contributed by atoms with van der Waals surface area (Å²) < 4.78 is 1.22. The van der Waals surface area contributed by atoms with Crippen molar-refractivity contribution in [2.75, 3.05) is 19.6 Å². The van der Waals surface area contributed by atoms with E-state index < -0.39 is 5.91 Å². The van der Waals surface area contributed by atoms with Crippen LogP contribution in [0.15, 0.2) is 48.5 Å². The predicted octanol–water partition coefficient (Wildman–Crippen LogP) is 3.59. The molecule has 6 nitrogen and oxygen atoms in total. The number of piperidine rings is 1. The molecule has 0 unspecified atom stereocenters. The molecule has 150 valence electrons. The van der Waals surface area contributed by atoms with E-state index in [4.69, 9.17) is 16.6 Å². The van der Waals surface area contributed by atoms with Crippen LogP contribution in [0.3, 0.4) is 0 Å². The number of benzene rings is 2. The van der Waals surface area contributed by atoms with E-state index in [1.807, 2.05) is 18.2 Å². The molecule has 1 saturated heterocycles. The van der Waals surface area contributed by atoms with E-state index in [9.17, 15) is 9.59 Å². The number of nitrogens with zero attached hydrogens (tertiary/aromatic N) is 2. The van der Waals surface area contributed by atoms with E-state index in [0.29, 0.717) is 16.5 Å². The summed E-state index contributed by atoms with van der Waals surface area (Å²) in [5, 5.41) is 1.53. The molecule has 1 aliphatic rings. The third-order valence-electron chi connectivity index (χ3n) is 5.05. The largest absolute Gasteiger partial charge is 0.294 e. The van der Waals surface area contributed by atoms with E-state index in [2.05, 4.69) is 21.8 Å². The second kappa shape index (κ2) is 8.90. The Morgan fingerprint density at radius 1 is 1.07 bits per heavy atom. The lowest BCUT2D eigenvalue weighted by Crippen LogP contribution is -2.47. The number of aromatic nitrogens is 1. The number of amides is 2. The van der Waals surface area contributed by atoms with Gasteiger partial charge in [-0.25, -0.2) is 4.98 Å². The molecule has 1 fully saturated rings. The maximum Gasteiger partial charge on any atom is 0.271 e. The van der Waals surface area contributed by atoms with Gasteiger partial charge in [0.05, 0.1) is 32.4 Å². The van der Waals surface area contributed by atoms with Crippen molar-refractivity contribution in [2.45, 2.75) is 18.8 Å². The Hall–Kier alpha value is -2.48. The van der Waals surface area contributed by atoms with Gasteiger partial charge in [-0.05, 0) is 50.2 Å². The number of hydrogen-bond donors (Lipinski definition) is 2. The van der Waals surface area contributed by atoms with Crippen LogP contribution in [0.25, 0.3) is 10.2 Å². The fourth-order valence-corrected chi connectivity index (χ4v) is 4.84. The molecule has 3 aromatic rings. The van der Waals surface area contributed by atoms with Gasteiger partial charge in [0.25, 0.3) is 11.8 Å². The number of rotatable bonds is 4. The molecule has 1 aliphatic heterocycles. The monoisotopic (exact) mass is 428 g/mol. The molecule has 0 bridgehead atoms. The van der Waals surface area contributed by atoms with Gasteiger partial charge in [-0.1, -0.05) is 35.9 Å². The van der Waals surface area contributed by atoms with E-state index in [-0.39, 0.29) is 12.5 Å². The van der Waals surface area contributed by atoms with E-state index in [1.54, 1.807) is 35.6 Å². The highest BCUT2D eigenvalue weighted by Crippen LogP contribution is 2.33. The van der Waals surface area contributed by atoms with Crippen LogP contribution in [-0.4, -0.2) is 41.3 Å². The first-order valence-electron chi connectivity index (χ1n) is 9.51. The number of fused-ring (bicyclic) bond motifs is 1. The fraction of sp³-hybridized carbons (Fsp3) is 0.286. The molecule has 2 heterocycles. The number of carbonyl (C=O) groups excluding carboxylic acids is 2. The Bertz CT molecular complexity index is 997. The van der Waals surface area contributed by atoms with Crippen molar-refractivity contribution < 1.29 is 9.59 Å². The lowest BCUT2D eigenvalue weighted by Gasteiger charge is -2.30. The molecule has 2 aromatic carbocycles. The molecule has 0 aliphatic carbocycles. The molecule has 0 radical (unpaired) electrons. The van der Waals surface area contributed by atoms with Crippen LogP contribution in [0.1, 0.15) is 34.1 Å². The van der Waals surface area contributed by atoms with Crippen LogP contribution in [0.2, 0.25) is 5.02 Å². The molecule has 0 saturated carbocycles. The average molecular weight is 429 g/mol. The lowest BCUT2D eigenvalue weighted by atomic mass is 9.97. The first-order valence-corrected chi connectivity index (χ1v) is 10.7. The van der Waals surface area contributed by atoms with Crippen molar-refractivity contribution in [1.82, 2.24) is 20.7 Å². The summed E-state index contributed by atoms with van der Waals surface area (Å²) in [5.41, 5.74) is 6.27. The molecule has 0 atom stereocenters. The summed E-state index contributed by atoms with van der Waals surface area (Å²) in [6.07, 6.45) is 1.94. The van der Waals surface area contributed by atoms with Crippen molar-refractivity contribution in [2.24, 2.45) is 0 Å². The number of para-hydroxylation sites is 1. The highest BCUT2D eigenvalue weighted by molar-refractivity contribution is 7.18. The minimum Gasteiger partial charge on any atom is -0.294 e. The third-order valence-corrected chi connectivity index (χ3v) is 6.58. The average Bonchev–Trinajstić information content (AvgIpc) is 3.17. The van der Waals surface area contributed by atoms with Gasteiger partial charge in [-0.3, -0.25) is 25.3 Å². The SMILES string of the molecule is O=C(CN1CCC(c2nc3ccccc3s2)CC1)NNC(=O)c1ccccc1Cl. The Labute approximate surface area is 177 Å². The molecule has 0 spiro atoms. The summed E-state index contributed by atoms with van der Waals surface area (Å²) in [6, 6.07) is 14.9. The number of carbonyl (C=O) groups is 2. The lowest BCUT2D eigenvalue weighted by molar-refractivity contribution is -0.123. The van der Waals surface area contributed by atoms with Crippen molar-refractivity contribution in [3.8, 4) is 0 Å². The van der Waals surface area contributed by atoms with Gasteiger partial charge in [0, 0.05) is 5.92 Å². The first kappa shape index (κ1) is 19.8. The van der Waals surface area contributed by atoms with Gasteiger partial charge in [-0.15, -0.1) is 11.3 Å². The number of nitrogens with one attached hydrogen (secondary N) is 2. The fourth-order valence-electron chi connectivity index (χ4n) is 3.48. The van der Waals surface area contributed by atoms with Crippen LogP contribution < -0.4 is 10.9 Å². The smallest absolute Gasteiger partial charge is 0.271 e. The number of hydrazine groups is 1. The molecule has 2 amide bonds. The Morgan fingerprint density at radius 2 is 1.79 bits per heavy atom. The molecule has 29 heavy (non-hydrogen) atoms. The predicted molar refractivity (Wildman–Crippen MR) is 115 cm³/mol. The Morgan fingerprint density at radius 3 is 2.55 bits per heavy atom. The van der Waals surface area contributed by atoms with Gasteiger partial charge in [0.15, 0.2) is 0 Å². The molecule has 2 N–H and O–H groups in total. The molecule has 4 rings (SSSR count). The van der Waals surface area contributed by atoms with Crippen LogP contribution in [0.5, 0.6) is 0 Å². The minimum absolute atomic E-state index is 0.245. The zero-order valence-corrected chi connectivity index (χ0v) is 17.3. The van der Waals surface area contributed by atoms with E-state index in [0.717, 1.165) is 31.4 Å². The van der Waals surface area contributed by atoms with Crippen molar-refractivity contribution in [3.05, 3.63) is 64.1 Å². The van der Waals surface area contributed by atoms with Crippen molar-refractivity contribution in [1.29, 1.82) is 0 Å². The first-order chi connectivity index (χ1) is 14.1. The minimum atomic E-state index is -0.432. The van der Waals surface area contributed by atoms with E-state index >= 15 is 0 Å².